The molecule has 0 aromatic carbocycles. The second-order valence-electron chi connectivity index (χ2n) is 2.69. The maximum atomic E-state index is 9.10. The molecule has 10 heavy (non-hydrogen) atoms. The molecule has 2 rings (SSSR count). The Kier molecular flexibility index (Phi) is 1.42. The number of hydrogen-bond donors (Lipinski definition) is 2. The van der Waals surface area contributed by atoms with E-state index in [1.54, 1.807) is 0 Å². The van der Waals surface area contributed by atoms with E-state index in [-0.39, 0.29) is 24.9 Å². The third-order valence-electron chi connectivity index (χ3n) is 2.04. The van der Waals surface area contributed by atoms with Crippen molar-refractivity contribution in [3.8, 4) is 0 Å². The molecule has 58 valence electrons. The van der Waals surface area contributed by atoms with Crippen LogP contribution in [-0.4, -0.2) is 47.8 Å². The molecular weight excluding hydrogens is 136 g/mol. The van der Waals surface area contributed by atoms with E-state index in [1.807, 2.05) is 0 Å². The minimum Gasteiger partial charge on any atom is -0.394 e. The van der Waals surface area contributed by atoms with E-state index in [1.165, 1.54) is 0 Å². The van der Waals surface area contributed by atoms with E-state index in [0.29, 0.717) is 6.61 Å². The van der Waals surface area contributed by atoms with Crippen molar-refractivity contribution in [2.75, 3.05) is 13.2 Å². The Labute approximate surface area is 58.4 Å². The molecule has 2 N–H and O–H groups in total. The molecule has 0 radical (unpaired) electrons. The minimum atomic E-state index is -0.493. The van der Waals surface area contributed by atoms with Crippen LogP contribution in [0.4, 0.5) is 0 Å². The highest BCUT2D eigenvalue weighted by molar-refractivity contribution is 4.98. The lowest BCUT2D eigenvalue weighted by Gasteiger charge is -2.38. The van der Waals surface area contributed by atoms with Gasteiger partial charge in [-0.2, -0.15) is 0 Å². The molecule has 0 aromatic rings. The first kappa shape index (κ1) is 6.54. The quantitative estimate of drug-likeness (QED) is 0.473. The molecule has 2 aliphatic heterocycles. The van der Waals surface area contributed by atoms with Crippen molar-refractivity contribution in [3.63, 3.8) is 0 Å². The summed E-state index contributed by atoms with van der Waals surface area (Å²) < 4.78 is 10.2. The van der Waals surface area contributed by atoms with E-state index in [4.69, 9.17) is 19.7 Å². The van der Waals surface area contributed by atoms with Gasteiger partial charge >= 0.3 is 0 Å². The molecule has 0 aliphatic carbocycles. The Morgan fingerprint density at radius 2 is 2.20 bits per heavy atom. The van der Waals surface area contributed by atoms with E-state index in [2.05, 4.69) is 0 Å². The van der Waals surface area contributed by atoms with Crippen LogP contribution in [0.1, 0.15) is 0 Å². The number of hydrogen-bond acceptors (Lipinski definition) is 4. The first-order valence-electron chi connectivity index (χ1n) is 3.39. The summed E-state index contributed by atoms with van der Waals surface area (Å²) in [7, 11) is 0. The molecule has 0 unspecified atom stereocenters. The van der Waals surface area contributed by atoms with Gasteiger partial charge in [-0.25, -0.2) is 0 Å². The maximum Gasteiger partial charge on any atom is 0.115 e. The van der Waals surface area contributed by atoms with Crippen LogP contribution in [0.2, 0.25) is 0 Å². The number of fused-ring (bicyclic) bond motifs is 1. The van der Waals surface area contributed by atoms with Gasteiger partial charge < -0.3 is 19.7 Å². The predicted molar refractivity (Wildman–Crippen MR) is 31.5 cm³/mol. The van der Waals surface area contributed by atoms with Gasteiger partial charge in [-0.05, 0) is 0 Å². The maximum absolute atomic E-state index is 9.10. The van der Waals surface area contributed by atoms with Gasteiger partial charge in [0, 0.05) is 0 Å². The number of aliphatic hydroxyl groups is 2. The SMILES string of the molecule is OC[C@H]1O[C@H]2[C@@H]1OC[C@@H]2O. The zero-order valence-electron chi connectivity index (χ0n) is 5.43. The smallest absolute Gasteiger partial charge is 0.115 e. The largest absolute Gasteiger partial charge is 0.394 e. The highest BCUT2D eigenvalue weighted by Crippen LogP contribution is 2.32. The monoisotopic (exact) mass is 146 g/mol. The third-order valence-corrected chi connectivity index (χ3v) is 2.04. The van der Waals surface area contributed by atoms with E-state index in [0.717, 1.165) is 0 Å². The third kappa shape index (κ3) is 0.703. The average Bonchev–Trinajstić information content (AvgIpc) is 2.10. The lowest BCUT2D eigenvalue weighted by atomic mass is 10.00. The van der Waals surface area contributed by atoms with Crippen LogP contribution in [0, 0.1) is 0 Å². The number of rotatable bonds is 1. The van der Waals surface area contributed by atoms with Crippen molar-refractivity contribution < 1.29 is 19.7 Å². The Hall–Kier alpha value is -0.160. The highest BCUT2D eigenvalue weighted by atomic mass is 16.6. The zero-order valence-corrected chi connectivity index (χ0v) is 5.43. The molecule has 4 atom stereocenters. The Bertz CT molecular complexity index is 138. The van der Waals surface area contributed by atoms with Crippen molar-refractivity contribution >= 4 is 0 Å². The van der Waals surface area contributed by atoms with E-state index < -0.39 is 6.10 Å². The molecule has 2 heterocycles. The Balaban J connectivity index is 1.96. The van der Waals surface area contributed by atoms with E-state index in [9.17, 15) is 0 Å². The van der Waals surface area contributed by atoms with Crippen LogP contribution in [0.5, 0.6) is 0 Å². The van der Waals surface area contributed by atoms with Crippen LogP contribution in [0.3, 0.4) is 0 Å². The van der Waals surface area contributed by atoms with Gasteiger partial charge in [0.15, 0.2) is 0 Å². The summed E-state index contributed by atoms with van der Waals surface area (Å²) in [5, 5.41) is 17.7. The summed E-state index contributed by atoms with van der Waals surface area (Å²) in [6.07, 6.45) is -0.952. The van der Waals surface area contributed by atoms with Crippen molar-refractivity contribution in [3.05, 3.63) is 0 Å². The Morgan fingerprint density at radius 1 is 1.40 bits per heavy atom. The molecule has 0 spiro atoms. The first-order valence-corrected chi connectivity index (χ1v) is 3.39. The highest BCUT2D eigenvalue weighted by Gasteiger charge is 2.51. The molecule has 0 amide bonds. The fraction of sp³-hybridized carbons (Fsp3) is 1.00. The molecule has 0 bridgehead atoms. The summed E-state index contributed by atoms with van der Waals surface area (Å²) in [6, 6.07) is 0. The minimum absolute atomic E-state index is 0.0200. The van der Waals surface area contributed by atoms with Gasteiger partial charge in [0.2, 0.25) is 0 Å². The van der Waals surface area contributed by atoms with Crippen LogP contribution in [0.25, 0.3) is 0 Å². The normalized spacial score (nSPS) is 52.2. The molecule has 4 nitrogen and oxygen atoms in total. The topological polar surface area (TPSA) is 58.9 Å². The summed E-state index contributed by atoms with van der Waals surface area (Å²) >= 11 is 0. The second kappa shape index (κ2) is 2.17. The van der Waals surface area contributed by atoms with Crippen molar-refractivity contribution in [1.82, 2.24) is 0 Å². The molecule has 2 aliphatic rings. The fourth-order valence-electron chi connectivity index (χ4n) is 1.44. The fourth-order valence-corrected chi connectivity index (χ4v) is 1.44. The van der Waals surface area contributed by atoms with Gasteiger partial charge in [0.1, 0.15) is 24.4 Å². The summed E-state index contributed by atoms with van der Waals surface area (Å²) in [5.74, 6) is 0. The summed E-state index contributed by atoms with van der Waals surface area (Å²) in [6.45, 7) is 0.319. The molecule has 0 aromatic heterocycles. The van der Waals surface area contributed by atoms with Crippen LogP contribution in [-0.2, 0) is 9.47 Å². The molecule has 2 fully saturated rings. The van der Waals surface area contributed by atoms with Crippen LogP contribution in [0.15, 0.2) is 0 Å². The lowest BCUT2D eigenvalue weighted by molar-refractivity contribution is -0.222. The zero-order chi connectivity index (χ0) is 7.14. The van der Waals surface area contributed by atoms with Gasteiger partial charge in [-0.3, -0.25) is 0 Å². The standard InChI is InChI=1S/C6H10O4/c7-1-4-6-5(10-4)3(8)2-9-6/h3-8H,1-2H2/t3-,4+,5+,6+/m0/s1. The van der Waals surface area contributed by atoms with Gasteiger partial charge in [-0.1, -0.05) is 0 Å². The molecule has 4 heteroatoms. The number of aliphatic hydroxyl groups excluding tert-OH is 2. The van der Waals surface area contributed by atoms with E-state index >= 15 is 0 Å². The average molecular weight is 146 g/mol. The van der Waals surface area contributed by atoms with Crippen molar-refractivity contribution in [1.29, 1.82) is 0 Å². The van der Waals surface area contributed by atoms with Crippen molar-refractivity contribution in [2.45, 2.75) is 24.4 Å². The number of ether oxygens (including phenoxy) is 2. The van der Waals surface area contributed by atoms with Gasteiger partial charge in [0.25, 0.3) is 0 Å². The summed E-state index contributed by atoms with van der Waals surface area (Å²) in [4.78, 5) is 0. The van der Waals surface area contributed by atoms with Crippen LogP contribution >= 0.6 is 0 Å². The molecular formula is C6H10O4. The molecule has 2 saturated heterocycles. The van der Waals surface area contributed by atoms with Gasteiger partial charge in [-0.15, -0.1) is 0 Å². The van der Waals surface area contributed by atoms with Crippen molar-refractivity contribution in [2.24, 2.45) is 0 Å². The van der Waals surface area contributed by atoms with Crippen LogP contribution < -0.4 is 0 Å². The Morgan fingerprint density at radius 3 is 2.80 bits per heavy atom. The lowest BCUT2D eigenvalue weighted by Crippen LogP contribution is -2.56. The van der Waals surface area contributed by atoms with Gasteiger partial charge in [0.05, 0.1) is 13.2 Å². The molecule has 0 saturated carbocycles. The second-order valence-corrected chi connectivity index (χ2v) is 2.69. The summed E-state index contributed by atoms with van der Waals surface area (Å²) in [5.41, 5.74) is 0. The predicted octanol–water partition coefficient (Wildman–Crippen LogP) is -1.49. The first-order chi connectivity index (χ1) is 4.83.